The van der Waals surface area contributed by atoms with Crippen LogP contribution in [0.1, 0.15) is 19.3 Å². The van der Waals surface area contributed by atoms with E-state index in [4.69, 9.17) is 5.11 Å². The molecule has 0 aromatic carbocycles. The molecule has 0 unspecified atom stereocenters. The molecule has 0 aliphatic carbocycles. The number of aliphatic hydroxyl groups excluding tert-OH is 2. The molecule has 3 nitrogen and oxygen atoms in total. The van der Waals surface area contributed by atoms with Crippen molar-refractivity contribution in [3.63, 3.8) is 0 Å². The monoisotopic (exact) mass is 159 g/mol. The Morgan fingerprint density at radius 1 is 1.45 bits per heavy atom. The quantitative estimate of drug-likeness (QED) is 0.520. The van der Waals surface area contributed by atoms with Crippen molar-refractivity contribution in [2.75, 3.05) is 19.7 Å². The summed E-state index contributed by atoms with van der Waals surface area (Å²) in [6.07, 6.45) is 2.86. The predicted octanol–water partition coefficient (Wildman–Crippen LogP) is -0.271. The van der Waals surface area contributed by atoms with Crippen molar-refractivity contribution in [3.8, 4) is 0 Å². The Hall–Kier alpha value is -0.120. The Balaban J connectivity index is 2.30. The predicted molar refractivity (Wildman–Crippen MR) is 43.3 cm³/mol. The summed E-state index contributed by atoms with van der Waals surface area (Å²) in [4.78, 5) is 0. The second-order valence-corrected chi connectivity index (χ2v) is 3.21. The van der Waals surface area contributed by atoms with E-state index >= 15 is 0 Å². The van der Waals surface area contributed by atoms with Gasteiger partial charge in [0.25, 0.3) is 0 Å². The topological polar surface area (TPSA) is 52.5 Å². The molecule has 0 saturated carbocycles. The van der Waals surface area contributed by atoms with Gasteiger partial charge in [0.05, 0.1) is 12.7 Å². The smallest absolute Gasteiger partial charge is 0.0811 e. The van der Waals surface area contributed by atoms with Gasteiger partial charge in [-0.2, -0.15) is 0 Å². The van der Waals surface area contributed by atoms with E-state index in [0.29, 0.717) is 0 Å². The lowest BCUT2D eigenvalue weighted by Crippen LogP contribution is -2.32. The zero-order valence-electron chi connectivity index (χ0n) is 6.79. The number of aliphatic hydroxyl groups is 2. The molecular weight excluding hydrogens is 142 g/mol. The molecule has 1 rings (SSSR count). The lowest BCUT2D eigenvalue weighted by atomic mass is 9.98. The standard InChI is InChI=1S/C8H17NO2/c10-6-8(11)7-3-1-2-4-9-5-7/h7-11H,1-6H2/t7-,8-/m1/s1. The van der Waals surface area contributed by atoms with Crippen molar-refractivity contribution in [1.29, 1.82) is 0 Å². The molecule has 1 fully saturated rings. The third-order valence-electron chi connectivity index (χ3n) is 2.32. The van der Waals surface area contributed by atoms with E-state index in [0.717, 1.165) is 25.9 Å². The van der Waals surface area contributed by atoms with Crippen LogP contribution in [-0.4, -0.2) is 36.0 Å². The molecule has 0 amide bonds. The third kappa shape index (κ3) is 2.77. The van der Waals surface area contributed by atoms with E-state index < -0.39 is 6.10 Å². The average molecular weight is 159 g/mol. The van der Waals surface area contributed by atoms with Gasteiger partial charge in [-0.15, -0.1) is 0 Å². The largest absolute Gasteiger partial charge is 0.394 e. The van der Waals surface area contributed by atoms with E-state index in [2.05, 4.69) is 5.32 Å². The van der Waals surface area contributed by atoms with Gasteiger partial charge in [-0.25, -0.2) is 0 Å². The molecule has 1 aliphatic heterocycles. The van der Waals surface area contributed by atoms with Crippen LogP contribution < -0.4 is 5.32 Å². The number of hydrogen-bond donors (Lipinski definition) is 3. The summed E-state index contributed by atoms with van der Waals surface area (Å²) in [5, 5.41) is 21.3. The minimum Gasteiger partial charge on any atom is -0.394 e. The van der Waals surface area contributed by atoms with E-state index in [1.165, 1.54) is 6.42 Å². The van der Waals surface area contributed by atoms with E-state index in [9.17, 15) is 5.11 Å². The van der Waals surface area contributed by atoms with Crippen molar-refractivity contribution < 1.29 is 10.2 Å². The maximum Gasteiger partial charge on any atom is 0.0811 e. The van der Waals surface area contributed by atoms with Crippen LogP contribution in [0.4, 0.5) is 0 Å². The summed E-state index contributed by atoms with van der Waals surface area (Å²) >= 11 is 0. The lowest BCUT2D eigenvalue weighted by molar-refractivity contribution is 0.0454. The minimum atomic E-state index is -0.527. The first-order valence-electron chi connectivity index (χ1n) is 4.34. The summed E-state index contributed by atoms with van der Waals surface area (Å²) in [5.74, 6) is 0.252. The molecule has 1 heterocycles. The molecule has 2 atom stereocenters. The Labute approximate surface area is 67.4 Å². The van der Waals surface area contributed by atoms with Gasteiger partial charge in [-0.3, -0.25) is 0 Å². The summed E-state index contributed by atoms with van der Waals surface area (Å²) in [6.45, 7) is 1.79. The zero-order valence-corrected chi connectivity index (χ0v) is 6.79. The van der Waals surface area contributed by atoms with Crippen LogP contribution in [0.5, 0.6) is 0 Å². The fourth-order valence-corrected chi connectivity index (χ4v) is 1.52. The van der Waals surface area contributed by atoms with Crippen molar-refractivity contribution in [2.45, 2.75) is 25.4 Å². The Morgan fingerprint density at radius 2 is 2.27 bits per heavy atom. The normalized spacial score (nSPS) is 29.5. The van der Waals surface area contributed by atoms with Crippen molar-refractivity contribution in [1.82, 2.24) is 5.32 Å². The molecule has 0 bridgehead atoms. The van der Waals surface area contributed by atoms with Gasteiger partial charge in [0.1, 0.15) is 0 Å². The van der Waals surface area contributed by atoms with Crippen LogP contribution in [-0.2, 0) is 0 Å². The summed E-state index contributed by atoms with van der Waals surface area (Å²) in [6, 6.07) is 0. The summed E-state index contributed by atoms with van der Waals surface area (Å²) < 4.78 is 0. The van der Waals surface area contributed by atoms with Crippen molar-refractivity contribution in [3.05, 3.63) is 0 Å². The second-order valence-electron chi connectivity index (χ2n) is 3.21. The highest BCUT2D eigenvalue weighted by atomic mass is 16.3. The Bertz CT molecular complexity index is 100. The number of nitrogens with one attached hydrogen (secondary N) is 1. The summed E-state index contributed by atoms with van der Waals surface area (Å²) in [5.41, 5.74) is 0. The van der Waals surface area contributed by atoms with Gasteiger partial charge in [0.2, 0.25) is 0 Å². The van der Waals surface area contributed by atoms with E-state index in [1.807, 2.05) is 0 Å². The Kier molecular flexibility index (Phi) is 3.83. The first-order chi connectivity index (χ1) is 5.34. The maximum absolute atomic E-state index is 9.32. The first-order valence-corrected chi connectivity index (χ1v) is 4.34. The second kappa shape index (κ2) is 4.70. The van der Waals surface area contributed by atoms with Crippen LogP contribution >= 0.6 is 0 Å². The van der Waals surface area contributed by atoms with E-state index in [1.54, 1.807) is 0 Å². The molecule has 1 saturated heterocycles. The third-order valence-corrected chi connectivity index (χ3v) is 2.32. The molecule has 3 heteroatoms. The number of hydrogen-bond acceptors (Lipinski definition) is 3. The molecule has 0 radical (unpaired) electrons. The van der Waals surface area contributed by atoms with Crippen LogP contribution in [0.15, 0.2) is 0 Å². The van der Waals surface area contributed by atoms with Gasteiger partial charge in [0.15, 0.2) is 0 Å². The highest BCUT2D eigenvalue weighted by Gasteiger charge is 2.19. The average Bonchev–Trinajstić information content (AvgIpc) is 2.30. The van der Waals surface area contributed by atoms with Gasteiger partial charge in [-0.05, 0) is 25.3 Å². The van der Waals surface area contributed by atoms with Gasteiger partial charge >= 0.3 is 0 Å². The van der Waals surface area contributed by atoms with Crippen molar-refractivity contribution >= 4 is 0 Å². The minimum absolute atomic E-state index is 0.105. The Morgan fingerprint density at radius 3 is 3.00 bits per heavy atom. The lowest BCUT2D eigenvalue weighted by Gasteiger charge is -2.18. The van der Waals surface area contributed by atoms with Crippen LogP contribution in [0, 0.1) is 5.92 Å². The molecule has 0 spiro atoms. The molecule has 0 aromatic rings. The number of rotatable bonds is 2. The maximum atomic E-state index is 9.32. The SMILES string of the molecule is OC[C@@H](O)[C@@H]1CCCCNC1. The van der Waals surface area contributed by atoms with Gasteiger partial charge in [-0.1, -0.05) is 6.42 Å². The summed E-state index contributed by atoms with van der Waals surface area (Å²) in [7, 11) is 0. The van der Waals surface area contributed by atoms with Crippen LogP contribution in [0.25, 0.3) is 0 Å². The fourth-order valence-electron chi connectivity index (χ4n) is 1.52. The molecule has 0 aromatic heterocycles. The van der Waals surface area contributed by atoms with Crippen molar-refractivity contribution in [2.24, 2.45) is 5.92 Å². The van der Waals surface area contributed by atoms with Gasteiger partial charge in [0, 0.05) is 6.54 Å². The molecule has 11 heavy (non-hydrogen) atoms. The first kappa shape index (κ1) is 8.97. The van der Waals surface area contributed by atoms with E-state index in [-0.39, 0.29) is 12.5 Å². The fraction of sp³-hybridized carbons (Fsp3) is 1.00. The highest BCUT2D eigenvalue weighted by Crippen LogP contribution is 2.14. The van der Waals surface area contributed by atoms with Crippen LogP contribution in [0.3, 0.4) is 0 Å². The van der Waals surface area contributed by atoms with Crippen LogP contribution in [0.2, 0.25) is 0 Å². The van der Waals surface area contributed by atoms with Gasteiger partial charge < -0.3 is 15.5 Å². The highest BCUT2D eigenvalue weighted by molar-refractivity contribution is 4.73. The molecule has 3 N–H and O–H groups in total. The molecular formula is C8H17NO2. The zero-order chi connectivity index (χ0) is 8.10. The molecule has 1 aliphatic rings. The molecule has 66 valence electrons.